The Morgan fingerprint density at radius 3 is 1.27 bits per heavy atom. The van der Waals surface area contributed by atoms with E-state index in [1.807, 2.05) is 0 Å². The smallest absolute Gasteiger partial charge is 0.290 e. The summed E-state index contributed by atoms with van der Waals surface area (Å²) in [5.41, 5.74) is 0. The van der Waals surface area contributed by atoms with E-state index < -0.39 is 4.30 Å². The molecule has 0 fully saturated rings. The Balaban J connectivity index is -0.0000000590. The molecule has 0 bridgehead atoms. The maximum Gasteiger partial charge on any atom is 0.290 e. The molecule has 0 aliphatic carbocycles. The summed E-state index contributed by atoms with van der Waals surface area (Å²) in [7, 11) is 1.00. The topological polar surface area (TPSA) is 57.5 Å². The van der Waals surface area contributed by atoms with Crippen molar-refractivity contribution in [1.82, 2.24) is 0 Å². The number of rotatable bonds is 3. The number of halogens is 3. The highest BCUT2D eigenvalue weighted by Crippen LogP contribution is 2.03. The van der Waals surface area contributed by atoms with Crippen LogP contribution < -0.4 is 0 Å². The van der Waals surface area contributed by atoms with Gasteiger partial charge in [0.05, 0.1) is 0 Å². The van der Waals surface area contributed by atoms with Crippen LogP contribution in [-0.4, -0.2) is 28.1 Å². The molecule has 0 aliphatic rings. The first-order valence-corrected chi connectivity index (χ1v) is 5.82. The van der Waals surface area contributed by atoms with Gasteiger partial charge in [-0.2, -0.15) is 0 Å². The van der Waals surface area contributed by atoms with Gasteiger partial charge in [0.25, 0.3) is 6.47 Å². The van der Waals surface area contributed by atoms with Crippen molar-refractivity contribution >= 4 is 41.3 Å². The molecule has 0 unspecified atom stereocenters. The van der Waals surface area contributed by atoms with Crippen molar-refractivity contribution < 1.29 is 15.0 Å². The van der Waals surface area contributed by atoms with Crippen LogP contribution >= 0.6 is 34.8 Å². The van der Waals surface area contributed by atoms with Crippen molar-refractivity contribution in [3.05, 3.63) is 0 Å². The van der Waals surface area contributed by atoms with Gasteiger partial charge in [-0.25, -0.2) is 0 Å². The molecule has 0 spiro atoms. The number of hydrogen-bond donors (Lipinski definition) is 2. The van der Waals surface area contributed by atoms with E-state index in [0.29, 0.717) is 0 Å². The molecule has 0 saturated heterocycles. The van der Waals surface area contributed by atoms with E-state index in [-0.39, 0.29) is 6.47 Å². The maximum absolute atomic E-state index is 8.36. The maximum atomic E-state index is 8.36. The molecule has 0 aromatic carbocycles. The molecule has 15 heavy (non-hydrogen) atoms. The predicted octanol–water partition coefficient (Wildman–Crippen LogP) is 3.88. The molecule has 0 heterocycles. The molecule has 3 nitrogen and oxygen atoms in total. The number of hydrogen-bond acceptors (Lipinski definition) is 2. The second kappa shape index (κ2) is 36.7. The van der Waals surface area contributed by atoms with Crippen LogP contribution in [0.5, 0.6) is 0 Å². The fourth-order valence-electron chi connectivity index (χ4n) is 0.500. The van der Waals surface area contributed by atoms with E-state index in [4.69, 9.17) is 49.8 Å². The van der Waals surface area contributed by atoms with E-state index in [1.165, 1.54) is 25.7 Å². The minimum absolute atomic E-state index is 0.250. The first kappa shape index (κ1) is 24.5. The summed E-state index contributed by atoms with van der Waals surface area (Å²) in [6, 6.07) is 0. The second-order valence-corrected chi connectivity index (χ2v) is 4.04. The lowest BCUT2D eigenvalue weighted by molar-refractivity contribution is -0.122. The van der Waals surface area contributed by atoms with Gasteiger partial charge in [-0.3, -0.25) is 4.79 Å². The predicted molar refractivity (Wildman–Crippen MR) is 68.0 cm³/mol. The summed E-state index contributed by atoms with van der Waals surface area (Å²) in [6.07, 6.45) is 5.54. The molecule has 0 aromatic rings. The summed E-state index contributed by atoms with van der Waals surface area (Å²) in [5.74, 6) is 0. The number of carboxylic acid groups (broad SMARTS) is 1. The third kappa shape index (κ3) is 199. The highest BCUT2D eigenvalue weighted by molar-refractivity contribution is 6.63. The largest absolute Gasteiger partial charge is 0.483 e. The number of aliphatic hydroxyl groups is 1. The number of aliphatic hydroxyl groups excluding tert-OH is 1. The third-order valence-electron chi connectivity index (χ3n) is 0.957. The first-order chi connectivity index (χ1) is 7.06. The van der Waals surface area contributed by atoms with Crippen LogP contribution in [0.2, 0.25) is 0 Å². The highest BCUT2D eigenvalue weighted by atomic mass is 35.6. The number of carbonyl (C=O) groups is 1. The minimum atomic E-state index is -0.750. The third-order valence-corrected chi connectivity index (χ3v) is 0.957. The van der Waals surface area contributed by atoms with Crippen LogP contribution in [0.1, 0.15) is 39.5 Å². The van der Waals surface area contributed by atoms with E-state index in [2.05, 4.69) is 13.8 Å². The second-order valence-electron chi connectivity index (χ2n) is 2.06. The quantitative estimate of drug-likeness (QED) is 0.469. The van der Waals surface area contributed by atoms with Crippen molar-refractivity contribution in [2.75, 3.05) is 7.11 Å². The Hall–Kier alpha value is 0.300. The van der Waals surface area contributed by atoms with Gasteiger partial charge >= 0.3 is 0 Å². The van der Waals surface area contributed by atoms with E-state index in [1.54, 1.807) is 0 Å². The Labute approximate surface area is 107 Å². The Kier molecular flexibility index (Phi) is 60.0. The van der Waals surface area contributed by atoms with E-state index in [0.717, 1.165) is 7.11 Å². The molecule has 0 atom stereocenters. The molecule has 96 valence electrons. The fourth-order valence-corrected chi connectivity index (χ4v) is 0.500. The van der Waals surface area contributed by atoms with Gasteiger partial charge < -0.3 is 10.2 Å². The minimum Gasteiger partial charge on any atom is -0.483 e. The van der Waals surface area contributed by atoms with Crippen LogP contribution in [0.15, 0.2) is 0 Å². The van der Waals surface area contributed by atoms with Gasteiger partial charge in [-0.05, 0) is 0 Å². The van der Waals surface area contributed by atoms with Crippen molar-refractivity contribution in [3.8, 4) is 0 Å². The molecule has 0 radical (unpaired) electrons. The Morgan fingerprint density at radius 2 is 1.20 bits per heavy atom. The van der Waals surface area contributed by atoms with Gasteiger partial charge in [0.2, 0.25) is 0 Å². The van der Waals surface area contributed by atoms with Crippen molar-refractivity contribution in [2.24, 2.45) is 0 Å². The lowest BCUT2D eigenvalue weighted by atomic mass is 10.2. The van der Waals surface area contributed by atoms with Crippen molar-refractivity contribution in [3.63, 3.8) is 0 Å². The first-order valence-electron chi connectivity index (χ1n) is 4.51. The van der Waals surface area contributed by atoms with Crippen LogP contribution in [-0.2, 0) is 4.79 Å². The monoisotopic (exact) mass is 282 g/mol. The highest BCUT2D eigenvalue weighted by Gasteiger charge is 1.79. The summed E-state index contributed by atoms with van der Waals surface area (Å²) in [4.78, 5) is 8.36. The van der Waals surface area contributed by atoms with Crippen LogP contribution in [0.25, 0.3) is 0 Å². The van der Waals surface area contributed by atoms with Crippen LogP contribution in [0, 0.1) is 0 Å². The normalized spacial score (nSPS) is 7.20. The summed E-state index contributed by atoms with van der Waals surface area (Å²) < 4.78 is -0.750. The zero-order chi connectivity index (χ0) is 13.1. The molecule has 0 aliphatic heterocycles. The van der Waals surface area contributed by atoms with Gasteiger partial charge in [0.15, 0.2) is 4.30 Å². The lowest BCUT2D eigenvalue weighted by Gasteiger charge is -1.86. The standard InChI is InChI=1S/C6H14.CHCl3.CH2O2.CH4O/c1-3-5-6-4-2;2-1(3)4;2-1-3;1-2/h3-6H2,1-2H3;1H;1H,(H,2,3);2H,1H3. The van der Waals surface area contributed by atoms with Crippen molar-refractivity contribution in [2.45, 2.75) is 43.8 Å². The molecule has 0 amide bonds. The molecule has 2 N–H and O–H groups in total. The summed E-state index contributed by atoms with van der Waals surface area (Å²) in [6.45, 7) is 4.21. The van der Waals surface area contributed by atoms with E-state index in [9.17, 15) is 0 Å². The fraction of sp³-hybridized carbons (Fsp3) is 0.889. The molecule has 0 rings (SSSR count). The number of unbranched alkanes of at least 4 members (excludes halogenated alkanes) is 3. The molecular weight excluding hydrogens is 262 g/mol. The van der Waals surface area contributed by atoms with E-state index >= 15 is 0 Å². The zero-order valence-corrected chi connectivity index (χ0v) is 11.7. The van der Waals surface area contributed by atoms with Gasteiger partial charge in [-0.15, -0.1) is 0 Å². The van der Waals surface area contributed by atoms with Gasteiger partial charge in [0.1, 0.15) is 0 Å². The number of alkyl halides is 3. The van der Waals surface area contributed by atoms with Crippen molar-refractivity contribution in [1.29, 1.82) is 0 Å². The molecule has 0 aromatic heterocycles. The summed E-state index contributed by atoms with van der Waals surface area (Å²) in [5, 5.41) is 13.9. The Bertz CT molecular complexity index is 76.2. The lowest BCUT2D eigenvalue weighted by Crippen LogP contribution is -1.66. The molecular formula is C9H21Cl3O3. The average Bonchev–Trinajstić information content (AvgIpc) is 2.18. The summed E-state index contributed by atoms with van der Waals surface area (Å²) >= 11 is 14.4. The molecule has 6 heteroatoms. The van der Waals surface area contributed by atoms with Crippen LogP contribution in [0.3, 0.4) is 0 Å². The SMILES string of the molecule is CCCCCC.CO.ClC(Cl)Cl.O=CO. The van der Waals surface area contributed by atoms with Gasteiger partial charge in [0, 0.05) is 7.11 Å². The van der Waals surface area contributed by atoms with Gasteiger partial charge in [-0.1, -0.05) is 74.3 Å². The Morgan fingerprint density at radius 1 is 1.07 bits per heavy atom. The zero-order valence-electron chi connectivity index (χ0n) is 9.42. The molecule has 0 saturated carbocycles. The van der Waals surface area contributed by atoms with Crippen LogP contribution in [0.4, 0.5) is 0 Å². The average molecular weight is 284 g/mol.